The molecular formula is C12H19N5O. The van der Waals surface area contributed by atoms with Crippen LogP contribution in [0.3, 0.4) is 0 Å². The van der Waals surface area contributed by atoms with E-state index in [1.54, 1.807) is 12.5 Å². The number of hydrogen-bond donors (Lipinski definition) is 1. The summed E-state index contributed by atoms with van der Waals surface area (Å²) in [5.41, 5.74) is 0. The predicted molar refractivity (Wildman–Crippen MR) is 66.8 cm³/mol. The summed E-state index contributed by atoms with van der Waals surface area (Å²) in [6.07, 6.45) is 4.37. The quantitative estimate of drug-likeness (QED) is 0.846. The van der Waals surface area contributed by atoms with E-state index < -0.39 is 0 Å². The summed E-state index contributed by atoms with van der Waals surface area (Å²) < 4.78 is 7.39. The van der Waals surface area contributed by atoms with Crippen molar-refractivity contribution in [3.8, 4) is 0 Å². The molecule has 0 amide bonds. The zero-order valence-electron chi connectivity index (χ0n) is 11.1. The first-order chi connectivity index (χ1) is 8.70. The lowest BCUT2D eigenvalue weighted by Gasteiger charge is -2.10. The van der Waals surface area contributed by atoms with E-state index >= 15 is 0 Å². The zero-order chi connectivity index (χ0) is 13.0. The maximum absolute atomic E-state index is 5.48. The lowest BCUT2D eigenvalue weighted by atomic mass is 10.3. The van der Waals surface area contributed by atoms with Crippen molar-refractivity contribution in [3.63, 3.8) is 0 Å². The molecule has 1 N–H and O–H groups in total. The van der Waals surface area contributed by atoms with E-state index in [2.05, 4.69) is 27.3 Å². The van der Waals surface area contributed by atoms with Crippen molar-refractivity contribution >= 4 is 0 Å². The van der Waals surface area contributed by atoms with Gasteiger partial charge in [-0.1, -0.05) is 6.92 Å². The molecular weight excluding hydrogens is 230 g/mol. The first-order valence-corrected chi connectivity index (χ1v) is 6.23. The standard InChI is InChI=1S/C12H19N5O/c1-4-5-17-11(15-8-16-17)7-13-10(3)12-14-6-9(2)18-12/h6,8,10,13H,4-5,7H2,1-3H3. The van der Waals surface area contributed by atoms with Gasteiger partial charge in [-0.2, -0.15) is 5.10 Å². The molecule has 0 fully saturated rings. The highest BCUT2D eigenvalue weighted by Crippen LogP contribution is 2.12. The summed E-state index contributed by atoms with van der Waals surface area (Å²) in [5.74, 6) is 2.47. The van der Waals surface area contributed by atoms with Gasteiger partial charge in [0.2, 0.25) is 5.89 Å². The van der Waals surface area contributed by atoms with Crippen LogP contribution in [-0.2, 0) is 13.1 Å². The fourth-order valence-electron chi connectivity index (χ4n) is 1.73. The van der Waals surface area contributed by atoms with Crippen LogP contribution < -0.4 is 5.32 Å². The van der Waals surface area contributed by atoms with Crippen molar-refractivity contribution in [2.75, 3.05) is 0 Å². The number of nitrogens with one attached hydrogen (secondary N) is 1. The van der Waals surface area contributed by atoms with Crippen molar-refractivity contribution < 1.29 is 4.42 Å². The molecule has 2 aromatic heterocycles. The fourth-order valence-corrected chi connectivity index (χ4v) is 1.73. The van der Waals surface area contributed by atoms with Gasteiger partial charge in [-0.3, -0.25) is 5.32 Å². The Bertz CT molecular complexity index is 490. The molecule has 6 heteroatoms. The van der Waals surface area contributed by atoms with Crippen LogP contribution >= 0.6 is 0 Å². The maximum atomic E-state index is 5.48. The van der Waals surface area contributed by atoms with Crippen molar-refractivity contribution in [1.82, 2.24) is 25.1 Å². The molecule has 0 radical (unpaired) electrons. The highest BCUT2D eigenvalue weighted by Gasteiger charge is 2.12. The zero-order valence-corrected chi connectivity index (χ0v) is 11.1. The second-order valence-electron chi connectivity index (χ2n) is 4.31. The minimum Gasteiger partial charge on any atom is -0.444 e. The summed E-state index contributed by atoms with van der Waals surface area (Å²) in [4.78, 5) is 8.45. The number of oxazole rings is 1. The van der Waals surface area contributed by atoms with Crippen molar-refractivity contribution in [2.24, 2.45) is 0 Å². The highest BCUT2D eigenvalue weighted by molar-refractivity contribution is 4.95. The van der Waals surface area contributed by atoms with Crippen LogP contribution in [-0.4, -0.2) is 19.7 Å². The van der Waals surface area contributed by atoms with E-state index in [4.69, 9.17) is 4.42 Å². The van der Waals surface area contributed by atoms with Gasteiger partial charge in [-0.15, -0.1) is 0 Å². The molecule has 6 nitrogen and oxygen atoms in total. The van der Waals surface area contributed by atoms with Crippen molar-refractivity contribution in [1.29, 1.82) is 0 Å². The SMILES string of the molecule is CCCn1ncnc1CNC(C)c1ncc(C)o1. The Morgan fingerprint density at radius 2 is 2.28 bits per heavy atom. The average Bonchev–Trinajstić information content (AvgIpc) is 2.96. The van der Waals surface area contributed by atoms with Crippen LogP contribution in [0.4, 0.5) is 0 Å². The maximum Gasteiger partial charge on any atom is 0.211 e. The summed E-state index contributed by atoms with van der Waals surface area (Å²) >= 11 is 0. The van der Waals surface area contributed by atoms with Gasteiger partial charge in [0.15, 0.2) is 0 Å². The molecule has 98 valence electrons. The third kappa shape index (κ3) is 2.95. The Morgan fingerprint density at radius 3 is 2.94 bits per heavy atom. The second kappa shape index (κ2) is 5.77. The van der Waals surface area contributed by atoms with Gasteiger partial charge in [0.1, 0.15) is 17.9 Å². The van der Waals surface area contributed by atoms with Crippen molar-refractivity contribution in [3.05, 3.63) is 30.0 Å². The second-order valence-corrected chi connectivity index (χ2v) is 4.31. The van der Waals surface area contributed by atoms with E-state index in [9.17, 15) is 0 Å². The van der Waals surface area contributed by atoms with Crippen molar-refractivity contribution in [2.45, 2.75) is 46.3 Å². The van der Waals surface area contributed by atoms with Gasteiger partial charge in [0.05, 0.1) is 18.8 Å². The molecule has 18 heavy (non-hydrogen) atoms. The smallest absolute Gasteiger partial charge is 0.211 e. The monoisotopic (exact) mass is 249 g/mol. The normalized spacial score (nSPS) is 12.8. The summed E-state index contributed by atoms with van der Waals surface area (Å²) in [5, 5.41) is 7.52. The van der Waals surface area contributed by atoms with Gasteiger partial charge in [0.25, 0.3) is 0 Å². The van der Waals surface area contributed by atoms with E-state index in [-0.39, 0.29) is 6.04 Å². The van der Waals surface area contributed by atoms with Crippen LogP contribution in [0.25, 0.3) is 0 Å². The molecule has 1 atom stereocenters. The molecule has 2 rings (SSSR count). The predicted octanol–water partition coefficient (Wildman–Crippen LogP) is 1.84. The minimum absolute atomic E-state index is 0.0606. The largest absolute Gasteiger partial charge is 0.444 e. The third-order valence-electron chi connectivity index (χ3n) is 2.71. The van der Waals surface area contributed by atoms with Crippen LogP contribution in [0.5, 0.6) is 0 Å². The Labute approximate surface area is 106 Å². The fraction of sp³-hybridized carbons (Fsp3) is 0.583. The number of aromatic nitrogens is 4. The highest BCUT2D eigenvalue weighted by atomic mass is 16.4. The van der Waals surface area contributed by atoms with E-state index in [0.717, 1.165) is 24.6 Å². The topological polar surface area (TPSA) is 68.8 Å². The molecule has 0 aromatic carbocycles. The van der Waals surface area contributed by atoms with Gasteiger partial charge < -0.3 is 4.42 Å². The minimum atomic E-state index is 0.0606. The molecule has 1 unspecified atom stereocenters. The Hall–Kier alpha value is -1.69. The molecule has 0 aliphatic carbocycles. The number of hydrogen-bond acceptors (Lipinski definition) is 5. The average molecular weight is 249 g/mol. The molecule has 0 saturated heterocycles. The summed E-state index contributed by atoms with van der Waals surface area (Å²) in [7, 11) is 0. The molecule has 0 bridgehead atoms. The Balaban J connectivity index is 1.92. The van der Waals surface area contributed by atoms with E-state index in [1.165, 1.54) is 0 Å². The van der Waals surface area contributed by atoms with E-state index in [0.29, 0.717) is 12.4 Å². The molecule has 0 aliphatic heterocycles. The van der Waals surface area contributed by atoms with Crippen LogP contribution in [0, 0.1) is 6.92 Å². The summed E-state index contributed by atoms with van der Waals surface area (Å²) in [6.45, 7) is 7.58. The van der Waals surface area contributed by atoms with Gasteiger partial charge in [-0.25, -0.2) is 14.6 Å². The van der Waals surface area contributed by atoms with Gasteiger partial charge >= 0.3 is 0 Å². The van der Waals surface area contributed by atoms with Crippen LogP contribution in [0.15, 0.2) is 16.9 Å². The Morgan fingerprint density at radius 1 is 1.44 bits per heavy atom. The van der Waals surface area contributed by atoms with Crippen LogP contribution in [0.1, 0.15) is 43.8 Å². The number of nitrogens with zero attached hydrogens (tertiary/aromatic N) is 4. The molecule has 2 aromatic rings. The lowest BCUT2D eigenvalue weighted by molar-refractivity contribution is 0.395. The Kier molecular flexibility index (Phi) is 4.09. The van der Waals surface area contributed by atoms with Gasteiger partial charge in [-0.05, 0) is 20.3 Å². The molecule has 0 saturated carbocycles. The first kappa shape index (κ1) is 12.8. The third-order valence-corrected chi connectivity index (χ3v) is 2.71. The number of rotatable bonds is 6. The first-order valence-electron chi connectivity index (χ1n) is 6.23. The van der Waals surface area contributed by atoms with Crippen LogP contribution in [0.2, 0.25) is 0 Å². The summed E-state index contributed by atoms with van der Waals surface area (Å²) in [6, 6.07) is 0.0606. The van der Waals surface area contributed by atoms with E-state index in [1.807, 2.05) is 18.5 Å². The lowest BCUT2D eigenvalue weighted by Crippen LogP contribution is -2.21. The molecule has 0 spiro atoms. The van der Waals surface area contributed by atoms with Gasteiger partial charge in [0, 0.05) is 6.54 Å². The number of aryl methyl sites for hydroxylation is 2. The molecule has 2 heterocycles. The molecule has 0 aliphatic rings.